The number of carbonyl (C=O) groups is 1. The molecule has 6 heteroatoms. The van der Waals surface area contributed by atoms with Crippen molar-refractivity contribution in [2.45, 2.75) is 6.92 Å². The highest BCUT2D eigenvalue weighted by Crippen LogP contribution is 2.16. The Kier molecular flexibility index (Phi) is 3.97. The third-order valence-electron chi connectivity index (χ3n) is 2.39. The number of aromatic nitrogens is 2. The van der Waals surface area contributed by atoms with Crippen molar-refractivity contribution in [1.29, 1.82) is 0 Å². The molecule has 1 aromatic heterocycles. The second-order valence-electron chi connectivity index (χ2n) is 3.88. The summed E-state index contributed by atoms with van der Waals surface area (Å²) in [5, 5.41) is 2.78. The van der Waals surface area contributed by atoms with E-state index in [-0.39, 0.29) is 17.0 Å². The van der Waals surface area contributed by atoms with Crippen molar-refractivity contribution in [2.24, 2.45) is 0 Å². The highest BCUT2D eigenvalue weighted by Gasteiger charge is 2.10. The van der Waals surface area contributed by atoms with Crippen LogP contribution in [0.25, 0.3) is 0 Å². The maximum Gasteiger partial charge on any atom is 0.258 e. The van der Waals surface area contributed by atoms with Gasteiger partial charge in [-0.15, -0.1) is 0 Å². The van der Waals surface area contributed by atoms with Crippen LogP contribution in [0.2, 0.25) is 5.15 Å². The highest BCUT2D eigenvalue weighted by atomic mass is 35.5. The molecule has 0 aliphatic carbocycles. The number of ether oxygens (including phenoxy) is 1. The Morgan fingerprint density at radius 3 is 2.79 bits per heavy atom. The molecular weight excluding hydrogens is 266 g/mol. The molecule has 0 saturated carbocycles. The number of hydrogen-bond donors (Lipinski definition) is 1. The molecule has 0 radical (unpaired) electrons. The number of benzene rings is 1. The van der Waals surface area contributed by atoms with Crippen molar-refractivity contribution in [3.63, 3.8) is 0 Å². The first-order valence-electron chi connectivity index (χ1n) is 5.55. The third-order valence-corrected chi connectivity index (χ3v) is 2.58. The topological polar surface area (TPSA) is 64.1 Å². The van der Waals surface area contributed by atoms with Gasteiger partial charge >= 0.3 is 0 Å². The van der Waals surface area contributed by atoms with E-state index in [0.29, 0.717) is 11.4 Å². The van der Waals surface area contributed by atoms with Crippen molar-refractivity contribution in [2.75, 3.05) is 12.4 Å². The van der Waals surface area contributed by atoms with E-state index in [1.165, 1.54) is 13.2 Å². The van der Waals surface area contributed by atoms with Crippen molar-refractivity contribution in [3.8, 4) is 5.88 Å². The van der Waals surface area contributed by atoms with Crippen LogP contribution in [0.1, 0.15) is 15.9 Å². The molecule has 2 aromatic rings. The summed E-state index contributed by atoms with van der Waals surface area (Å²) in [5.74, 6) is 0.100. The van der Waals surface area contributed by atoms with Crippen LogP contribution in [-0.4, -0.2) is 23.0 Å². The number of nitrogens with zero attached hydrogens (tertiary/aromatic N) is 2. The first-order chi connectivity index (χ1) is 9.08. The number of amides is 1. The summed E-state index contributed by atoms with van der Waals surface area (Å²) in [7, 11) is 1.46. The van der Waals surface area contributed by atoms with Crippen LogP contribution in [0.5, 0.6) is 5.88 Å². The fraction of sp³-hybridized carbons (Fsp3) is 0.154. The zero-order valence-corrected chi connectivity index (χ0v) is 11.2. The van der Waals surface area contributed by atoms with Crippen LogP contribution in [-0.2, 0) is 0 Å². The molecule has 1 amide bonds. The van der Waals surface area contributed by atoms with Gasteiger partial charge in [-0.05, 0) is 19.1 Å². The summed E-state index contributed by atoms with van der Waals surface area (Å²) in [6.07, 6.45) is 0. The van der Waals surface area contributed by atoms with Gasteiger partial charge in [0.15, 0.2) is 0 Å². The molecule has 0 saturated heterocycles. The van der Waals surface area contributed by atoms with Gasteiger partial charge in [-0.2, -0.15) is 4.98 Å². The highest BCUT2D eigenvalue weighted by molar-refractivity contribution is 6.29. The van der Waals surface area contributed by atoms with Gasteiger partial charge in [0.2, 0.25) is 11.8 Å². The average Bonchev–Trinajstić information content (AvgIpc) is 2.38. The molecule has 0 bridgehead atoms. The Labute approximate surface area is 115 Å². The van der Waals surface area contributed by atoms with E-state index in [2.05, 4.69) is 15.3 Å². The number of halogens is 1. The molecule has 1 N–H and O–H groups in total. The van der Waals surface area contributed by atoms with E-state index in [9.17, 15) is 4.79 Å². The molecule has 0 aliphatic rings. The van der Waals surface area contributed by atoms with Crippen LogP contribution in [0, 0.1) is 6.92 Å². The van der Waals surface area contributed by atoms with E-state index in [1.54, 1.807) is 12.1 Å². The van der Waals surface area contributed by atoms with E-state index in [1.807, 2.05) is 19.1 Å². The van der Waals surface area contributed by atoms with Crippen molar-refractivity contribution >= 4 is 23.5 Å². The number of nitrogens with one attached hydrogen (secondary N) is 1. The van der Waals surface area contributed by atoms with E-state index in [0.717, 1.165) is 5.56 Å². The van der Waals surface area contributed by atoms with Crippen LogP contribution in [0.3, 0.4) is 0 Å². The maximum atomic E-state index is 12.0. The summed E-state index contributed by atoms with van der Waals surface area (Å²) in [6.45, 7) is 1.91. The number of rotatable bonds is 3. The number of carbonyl (C=O) groups excluding carboxylic acids is 1. The molecule has 2 rings (SSSR count). The number of hydrogen-bond acceptors (Lipinski definition) is 4. The Bertz CT molecular complexity index is 617. The van der Waals surface area contributed by atoms with Gasteiger partial charge in [0.05, 0.1) is 7.11 Å². The molecule has 0 fully saturated rings. The van der Waals surface area contributed by atoms with Crippen molar-refractivity contribution < 1.29 is 9.53 Å². The summed E-state index contributed by atoms with van der Waals surface area (Å²) in [5.41, 5.74) is 1.53. The molecular formula is C13H12ClN3O2. The number of anilines is 1. The number of aryl methyl sites for hydroxylation is 1. The lowest BCUT2D eigenvalue weighted by Crippen LogP contribution is -2.14. The normalized spacial score (nSPS) is 10.1. The fourth-order valence-corrected chi connectivity index (χ4v) is 1.69. The molecule has 1 aromatic carbocycles. The number of methoxy groups -OCH3 is 1. The Morgan fingerprint density at radius 1 is 1.32 bits per heavy atom. The van der Waals surface area contributed by atoms with Gasteiger partial charge in [0, 0.05) is 11.6 Å². The minimum absolute atomic E-state index is 0.107. The molecule has 0 spiro atoms. The molecule has 0 aliphatic heterocycles. The smallest absolute Gasteiger partial charge is 0.258 e. The zero-order chi connectivity index (χ0) is 13.8. The Hall–Kier alpha value is -2.14. The predicted molar refractivity (Wildman–Crippen MR) is 72.7 cm³/mol. The quantitative estimate of drug-likeness (QED) is 0.876. The zero-order valence-electron chi connectivity index (χ0n) is 10.5. The van der Waals surface area contributed by atoms with E-state index in [4.69, 9.17) is 16.3 Å². The molecule has 19 heavy (non-hydrogen) atoms. The second-order valence-corrected chi connectivity index (χ2v) is 4.27. The van der Waals surface area contributed by atoms with Crippen LogP contribution >= 0.6 is 11.6 Å². The molecule has 1 heterocycles. The van der Waals surface area contributed by atoms with Gasteiger partial charge in [-0.25, -0.2) is 4.98 Å². The van der Waals surface area contributed by atoms with Gasteiger partial charge in [-0.1, -0.05) is 29.3 Å². The summed E-state index contributed by atoms with van der Waals surface area (Å²) >= 11 is 5.80. The lowest BCUT2D eigenvalue weighted by Gasteiger charge is -2.06. The maximum absolute atomic E-state index is 12.0. The van der Waals surface area contributed by atoms with Gasteiger partial charge in [0.25, 0.3) is 5.91 Å². The summed E-state index contributed by atoms with van der Waals surface area (Å²) < 4.78 is 4.96. The fourth-order valence-electron chi connectivity index (χ4n) is 1.52. The predicted octanol–water partition coefficient (Wildman–Crippen LogP) is 2.70. The molecule has 5 nitrogen and oxygen atoms in total. The minimum atomic E-state index is -0.298. The molecule has 0 atom stereocenters. The summed E-state index contributed by atoms with van der Waals surface area (Å²) in [4.78, 5) is 19.9. The van der Waals surface area contributed by atoms with Crippen molar-refractivity contribution in [1.82, 2.24) is 9.97 Å². The van der Waals surface area contributed by atoms with Gasteiger partial charge < -0.3 is 4.74 Å². The lowest BCUT2D eigenvalue weighted by atomic mass is 10.1. The van der Waals surface area contributed by atoms with E-state index >= 15 is 0 Å². The Balaban J connectivity index is 2.21. The van der Waals surface area contributed by atoms with Gasteiger partial charge in [-0.3, -0.25) is 10.1 Å². The summed E-state index contributed by atoms with van der Waals surface area (Å²) in [6, 6.07) is 8.67. The Morgan fingerprint density at radius 2 is 2.11 bits per heavy atom. The second kappa shape index (κ2) is 5.67. The van der Waals surface area contributed by atoms with Crippen molar-refractivity contribution in [3.05, 3.63) is 46.6 Å². The van der Waals surface area contributed by atoms with E-state index < -0.39 is 0 Å². The molecule has 98 valence electrons. The first-order valence-corrected chi connectivity index (χ1v) is 5.93. The standard InChI is InChI=1S/C13H12ClN3O2/c1-8-4-3-5-9(6-8)12(18)17-13-15-10(14)7-11(16-13)19-2/h3-7H,1-2H3,(H,15,16,17,18). The lowest BCUT2D eigenvalue weighted by molar-refractivity contribution is 0.102. The monoisotopic (exact) mass is 277 g/mol. The average molecular weight is 278 g/mol. The van der Waals surface area contributed by atoms with Gasteiger partial charge in [0.1, 0.15) is 5.15 Å². The van der Waals surface area contributed by atoms with Crippen LogP contribution in [0.4, 0.5) is 5.95 Å². The minimum Gasteiger partial charge on any atom is -0.481 e. The third kappa shape index (κ3) is 3.42. The van der Waals surface area contributed by atoms with Crippen LogP contribution < -0.4 is 10.1 Å². The van der Waals surface area contributed by atoms with Crippen LogP contribution in [0.15, 0.2) is 30.3 Å². The SMILES string of the molecule is COc1cc(Cl)nc(NC(=O)c2cccc(C)c2)n1. The molecule has 0 unspecified atom stereocenters. The largest absolute Gasteiger partial charge is 0.481 e. The first kappa shape index (κ1) is 13.3.